The maximum absolute atomic E-state index is 14.2. The number of aromatic nitrogens is 2. The summed E-state index contributed by atoms with van der Waals surface area (Å²) in [6.45, 7) is 0. The van der Waals surface area contributed by atoms with Crippen molar-refractivity contribution in [2.24, 2.45) is 0 Å². The van der Waals surface area contributed by atoms with Crippen molar-refractivity contribution >= 4 is 22.5 Å². The molecule has 0 spiro atoms. The quantitative estimate of drug-likeness (QED) is 0.547. The van der Waals surface area contributed by atoms with E-state index in [1.807, 2.05) is 0 Å². The Hall–Kier alpha value is -2.96. The van der Waals surface area contributed by atoms with E-state index in [0.717, 1.165) is 37.8 Å². The number of aromatic amines is 1. The first kappa shape index (κ1) is 16.5. The summed E-state index contributed by atoms with van der Waals surface area (Å²) in [4.78, 5) is 19.8. The number of anilines is 1. The van der Waals surface area contributed by atoms with E-state index < -0.39 is 23.0 Å². The largest absolute Gasteiger partial charge is 0.489 e. The molecule has 3 aromatic rings. The minimum absolute atomic E-state index is 0.118. The van der Waals surface area contributed by atoms with E-state index in [1.54, 1.807) is 12.3 Å². The zero-order valence-electron chi connectivity index (χ0n) is 13.9. The molecule has 0 saturated heterocycles. The number of hydrogen-bond acceptors (Lipinski definition) is 4. The molecular formula is C19H17F2N3O2. The molecule has 5 nitrogen and oxygen atoms in total. The van der Waals surface area contributed by atoms with Gasteiger partial charge in [0.25, 0.3) is 0 Å². The summed E-state index contributed by atoms with van der Waals surface area (Å²) in [5.74, 6) is -2.28. The van der Waals surface area contributed by atoms with E-state index in [2.05, 4.69) is 9.97 Å². The van der Waals surface area contributed by atoms with Crippen molar-refractivity contribution in [2.75, 3.05) is 5.73 Å². The molecule has 2 heterocycles. The maximum atomic E-state index is 14.2. The molecule has 3 N–H and O–H groups in total. The van der Waals surface area contributed by atoms with Gasteiger partial charge in [-0.2, -0.15) is 0 Å². The fourth-order valence-electron chi connectivity index (χ4n) is 3.35. The lowest BCUT2D eigenvalue weighted by molar-refractivity contribution is 0.103. The Labute approximate surface area is 148 Å². The van der Waals surface area contributed by atoms with E-state index >= 15 is 0 Å². The maximum Gasteiger partial charge on any atom is 0.201 e. The molecule has 0 aliphatic heterocycles. The Morgan fingerprint density at radius 2 is 2.04 bits per heavy atom. The van der Waals surface area contributed by atoms with Crippen LogP contribution in [0.4, 0.5) is 14.5 Å². The Bertz CT molecular complexity index is 994. The molecule has 0 radical (unpaired) electrons. The number of ketones is 1. The summed E-state index contributed by atoms with van der Waals surface area (Å²) < 4.78 is 34.2. The van der Waals surface area contributed by atoms with Gasteiger partial charge in [-0.1, -0.05) is 0 Å². The van der Waals surface area contributed by atoms with Gasteiger partial charge in [-0.3, -0.25) is 4.79 Å². The minimum atomic E-state index is -1.06. The molecule has 1 aliphatic carbocycles. The summed E-state index contributed by atoms with van der Waals surface area (Å²) in [5, 5.41) is 0.451. The Kier molecular flexibility index (Phi) is 4.06. The minimum Gasteiger partial charge on any atom is -0.489 e. The standard InChI is InChI=1S/C19H17F2N3O2/c20-14-5-6-15(22)17(21)16(14)18(25)13-9-24-19-12(13)7-11(8-23-19)26-10-3-1-2-4-10/h5-10H,1-4,22H2,(H,23,24). The monoisotopic (exact) mass is 357 g/mol. The predicted molar refractivity (Wildman–Crippen MR) is 93.2 cm³/mol. The predicted octanol–water partition coefficient (Wildman–Crippen LogP) is 3.98. The van der Waals surface area contributed by atoms with Crippen LogP contribution in [0.25, 0.3) is 11.0 Å². The van der Waals surface area contributed by atoms with Gasteiger partial charge in [-0.15, -0.1) is 0 Å². The summed E-state index contributed by atoms with van der Waals surface area (Å²) in [7, 11) is 0. The lowest BCUT2D eigenvalue weighted by atomic mass is 10.0. The van der Waals surface area contributed by atoms with Crippen LogP contribution in [0.2, 0.25) is 0 Å². The SMILES string of the molecule is Nc1ccc(F)c(C(=O)c2c[nH]c3ncc(OC4CCCC4)cc23)c1F. The number of hydrogen-bond donors (Lipinski definition) is 2. The van der Waals surface area contributed by atoms with E-state index in [9.17, 15) is 13.6 Å². The number of halogens is 2. The Balaban J connectivity index is 1.74. The van der Waals surface area contributed by atoms with Crippen LogP contribution in [0.1, 0.15) is 41.6 Å². The Morgan fingerprint density at radius 1 is 1.27 bits per heavy atom. The summed E-state index contributed by atoms with van der Waals surface area (Å²) in [5.41, 5.74) is 5.08. The summed E-state index contributed by atoms with van der Waals surface area (Å²) >= 11 is 0. The average Bonchev–Trinajstić information content (AvgIpc) is 3.28. The van der Waals surface area contributed by atoms with Crippen LogP contribution in [0.5, 0.6) is 5.75 Å². The molecule has 134 valence electrons. The van der Waals surface area contributed by atoms with Crippen LogP contribution in [0.15, 0.2) is 30.6 Å². The number of nitrogens with one attached hydrogen (secondary N) is 1. The van der Waals surface area contributed by atoms with Crippen molar-refractivity contribution < 1.29 is 18.3 Å². The smallest absolute Gasteiger partial charge is 0.201 e. The number of nitrogens with zero attached hydrogens (tertiary/aromatic N) is 1. The number of rotatable bonds is 4. The van der Waals surface area contributed by atoms with Gasteiger partial charge < -0.3 is 15.5 Å². The van der Waals surface area contributed by atoms with Crippen molar-refractivity contribution in [3.05, 3.63) is 53.4 Å². The molecule has 0 unspecified atom stereocenters. The van der Waals surface area contributed by atoms with Crippen molar-refractivity contribution in [3.8, 4) is 5.75 Å². The second-order valence-electron chi connectivity index (χ2n) is 6.45. The molecule has 26 heavy (non-hydrogen) atoms. The van der Waals surface area contributed by atoms with Crippen LogP contribution >= 0.6 is 0 Å². The van der Waals surface area contributed by atoms with Crippen LogP contribution in [0, 0.1) is 11.6 Å². The molecule has 2 aromatic heterocycles. The van der Waals surface area contributed by atoms with Crippen molar-refractivity contribution in [3.63, 3.8) is 0 Å². The van der Waals surface area contributed by atoms with Gasteiger partial charge in [-0.25, -0.2) is 13.8 Å². The number of carbonyl (C=O) groups is 1. The van der Waals surface area contributed by atoms with Crippen LogP contribution in [-0.2, 0) is 0 Å². The first-order chi connectivity index (χ1) is 12.5. The first-order valence-corrected chi connectivity index (χ1v) is 8.46. The number of pyridine rings is 1. The molecule has 4 rings (SSSR count). The zero-order valence-corrected chi connectivity index (χ0v) is 13.9. The van der Waals surface area contributed by atoms with E-state index in [-0.39, 0.29) is 17.4 Å². The van der Waals surface area contributed by atoms with Gasteiger partial charge >= 0.3 is 0 Å². The number of carbonyl (C=O) groups excluding carboxylic acids is 1. The molecule has 0 amide bonds. The second-order valence-corrected chi connectivity index (χ2v) is 6.45. The molecule has 1 aromatic carbocycles. The number of fused-ring (bicyclic) bond motifs is 1. The van der Waals surface area contributed by atoms with Crippen LogP contribution in [0.3, 0.4) is 0 Å². The average molecular weight is 357 g/mol. The molecule has 0 bridgehead atoms. The van der Waals surface area contributed by atoms with Gasteiger partial charge in [0.1, 0.15) is 17.2 Å². The lowest BCUT2D eigenvalue weighted by Crippen LogP contribution is -2.11. The number of benzene rings is 1. The van der Waals surface area contributed by atoms with Gasteiger partial charge in [0.15, 0.2) is 5.82 Å². The van der Waals surface area contributed by atoms with Crippen molar-refractivity contribution in [2.45, 2.75) is 31.8 Å². The topological polar surface area (TPSA) is 81.0 Å². The Morgan fingerprint density at radius 3 is 2.81 bits per heavy atom. The van der Waals surface area contributed by atoms with E-state index in [1.165, 1.54) is 6.20 Å². The fourth-order valence-corrected chi connectivity index (χ4v) is 3.35. The normalized spacial score (nSPS) is 14.8. The van der Waals surface area contributed by atoms with Gasteiger partial charge in [0.05, 0.1) is 23.6 Å². The number of H-pyrrole nitrogens is 1. The molecular weight excluding hydrogens is 340 g/mol. The van der Waals surface area contributed by atoms with Crippen molar-refractivity contribution in [1.82, 2.24) is 9.97 Å². The highest BCUT2D eigenvalue weighted by molar-refractivity contribution is 6.16. The van der Waals surface area contributed by atoms with Gasteiger partial charge in [-0.05, 0) is 43.9 Å². The molecule has 7 heteroatoms. The molecule has 1 aliphatic rings. The third-order valence-electron chi connectivity index (χ3n) is 4.70. The molecule has 1 saturated carbocycles. The van der Waals surface area contributed by atoms with Gasteiger partial charge in [0, 0.05) is 17.1 Å². The number of nitrogens with two attached hydrogens (primary N) is 1. The molecule has 1 fully saturated rings. The van der Waals surface area contributed by atoms with Crippen LogP contribution in [-0.4, -0.2) is 21.9 Å². The van der Waals surface area contributed by atoms with E-state index in [4.69, 9.17) is 10.5 Å². The third kappa shape index (κ3) is 2.79. The number of ether oxygens (including phenoxy) is 1. The number of nitrogen functional groups attached to an aromatic ring is 1. The highest BCUT2D eigenvalue weighted by Gasteiger charge is 2.24. The zero-order chi connectivity index (χ0) is 18.3. The molecule has 0 atom stereocenters. The third-order valence-corrected chi connectivity index (χ3v) is 4.70. The van der Waals surface area contributed by atoms with E-state index in [0.29, 0.717) is 16.8 Å². The van der Waals surface area contributed by atoms with Gasteiger partial charge in [0.2, 0.25) is 5.78 Å². The van der Waals surface area contributed by atoms with Crippen LogP contribution < -0.4 is 10.5 Å². The highest BCUT2D eigenvalue weighted by Crippen LogP contribution is 2.29. The lowest BCUT2D eigenvalue weighted by Gasteiger charge is -2.12. The summed E-state index contributed by atoms with van der Waals surface area (Å²) in [6.07, 6.45) is 7.32. The first-order valence-electron chi connectivity index (χ1n) is 8.46. The van der Waals surface area contributed by atoms with Crippen molar-refractivity contribution in [1.29, 1.82) is 0 Å². The fraction of sp³-hybridized carbons (Fsp3) is 0.263. The summed E-state index contributed by atoms with van der Waals surface area (Å²) in [6, 6.07) is 3.74. The second kappa shape index (κ2) is 6.40. The highest BCUT2D eigenvalue weighted by atomic mass is 19.1.